The molecule has 2 aromatic carbocycles. The number of imidazole rings is 1. The molecule has 0 aliphatic carbocycles. The molecule has 4 aromatic rings. The van der Waals surface area contributed by atoms with E-state index in [1.54, 1.807) is 13.3 Å². The van der Waals surface area contributed by atoms with Crippen LogP contribution >= 0.6 is 0 Å². The molecule has 1 aliphatic heterocycles. The monoisotopic (exact) mass is 486 g/mol. The fraction of sp³-hybridized carbons (Fsp3) is 0.296. The molecule has 2 amide bonds. The van der Waals surface area contributed by atoms with Gasteiger partial charge >= 0.3 is 6.03 Å². The second-order valence-electron chi connectivity index (χ2n) is 8.66. The minimum absolute atomic E-state index is 0.272. The van der Waals surface area contributed by atoms with E-state index >= 15 is 0 Å². The number of fused-ring (bicyclic) bond motifs is 1. The number of urea groups is 1. The number of nitrogens with one attached hydrogen (secondary N) is 3. The minimum atomic E-state index is -0.349. The Kier molecular flexibility index (Phi) is 7.28. The van der Waals surface area contributed by atoms with E-state index in [9.17, 15) is 4.79 Å². The largest absolute Gasteiger partial charge is 0.497 e. The van der Waals surface area contributed by atoms with Gasteiger partial charge in [0.25, 0.3) is 0 Å². The van der Waals surface area contributed by atoms with Gasteiger partial charge < -0.3 is 30.0 Å². The summed E-state index contributed by atoms with van der Waals surface area (Å²) in [5.74, 6) is 2.38. The topological polar surface area (TPSA) is 104 Å². The summed E-state index contributed by atoms with van der Waals surface area (Å²) in [5, 5.41) is 6.12. The van der Waals surface area contributed by atoms with E-state index in [1.165, 1.54) is 0 Å². The van der Waals surface area contributed by atoms with E-state index in [2.05, 4.69) is 25.5 Å². The third-order valence-corrected chi connectivity index (χ3v) is 6.26. The molecule has 36 heavy (non-hydrogen) atoms. The van der Waals surface area contributed by atoms with Crippen LogP contribution in [0.4, 0.5) is 10.6 Å². The van der Waals surface area contributed by atoms with Crippen LogP contribution < -0.4 is 20.3 Å². The van der Waals surface area contributed by atoms with Crippen molar-refractivity contribution in [1.29, 1.82) is 0 Å². The van der Waals surface area contributed by atoms with E-state index in [1.807, 2.05) is 60.7 Å². The van der Waals surface area contributed by atoms with Gasteiger partial charge in [-0.2, -0.15) is 0 Å². The summed E-state index contributed by atoms with van der Waals surface area (Å²) in [7, 11) is 1.64. The molecule has 3 heterocycles. The molecule has 1 aliphatic rings. The van der Waals surface area contributed by atoms with Gasteiger partial charge in [-0.3, -0.25) is 0 Å². The predicted molar refractivity (Wildman–Crippen MR) is 138 cm³/mol. The molecule has 1 unspecified atom stereocenters. The van der Waals surface area contributed by atoms with Crippen LogP contribution in [-0.2, 0) is 17.7 Å². The number of hydrogen-bond donors (Lipinski definition) is 3. The van der Waals surface area contributed by atoms with Crippen molar-refractivity contribution in [3.05, 3.63) is 83.8 Å². The number of rotatable bonds is 8. The number of aromatic nitrogens is 3. The van der Waals surface area contributed by atoms with Crippen molar-refractivity contribution in [2.75, 3.05) is 38.3 Å². The molecular formula is C27H30N6O3. The van der Waals surface area contributed by atoms with Crippen molar-refractivity contribution in [2.24, 2.45) is 0 Å². The summed E-state index contributed by atoms with van der Waals surface area (Å²) in [6.07, 6.45) is 2.35. The smallest absolute Gasteiger partial charge is 0.315 e. The highest BCUT2D eigenvalue weighted by molar-refractivity contribution is 5.76. The highest BCUT2D eigenvalue weighted by Gasteiger charge is 2.20. The number of aromatic amines is 1. The Hall–Kier alpha value is -4.11. The Balaban J connectivity index is 1.31. The van der Waals surface area contributed by atoms with Gasteiger partial charge in [-0.15, -0.1) is 0 Å². The number of para-hydroxylation sites is 2. The average molecular weight is 487 g/mol. The van der Waals surface area contributed by atoms with Crippen molar-refractivity contribution >= 4 is 22.9 Å². The molecule has 9 heteroatoms. The zero-order valence-electron chi connectivity index (χ0n) is 20.2. The van der Waals surface area contributed by atoms with E-state index in [-0.39, 0.29) is 12.1 Å². The second-order valence-corrected chi connectivity index (χ2v) is 8.66. The molecule has 5 rings (SSSR count). The molecule has 1 atom stereocenters. The first-order valence-electron chi connectivity index (χ1n) is 12.1. The van der Waals surface area contributed by atoms with Gasteiger partial charge in [0.1, 0.15) is 17.4 Å². The van der Waals surface area contributed by atoms with Crippen LogP contribution in [0.2, 0.25) is 0 Å². The number of methoxy groups -OCH3 is 1. The van der Waals surface area contributed by atoms with E-state index in [4.69, 9.17) is 14.5 Å². The Labute approximate surface area is 209 Å². The molecule has 0 bridgehead atoms. The number of hydrogen-bond acceptors (Lipinski definition) is 6. The van der Waals surface area contributed by atoms with Crippen LogP contribution in [0.1, 0.15) is 23.0 Å². The number of H-pyrrole nitrogens is 1. The zero-order chi connectivity index (χ0) is 24.7. The standard InChI is InChI=1S/C27H30N6O3/c1-35-21-10-8-19(9-11-21)17-24(25-30-22-6-2-3-7-23(22)31-25)32-27(34)29-18-20-5-4-12-28-26(20)33-13-15-36-16-14-33/h2-12,24H,13-18H2,1H3,(H,30,31)(H2,29,32,34). The lowest BCUT2D eigenvalue weighted by molar-refractivity contribution is 0.122. The van der Waals surface area contributed by atoms with Crippen LogP contribution in [0.25, 0.3) is 11.0 Å². The van der Waals surface area contributed by atoms with Gasteiger partial charge in [-0.05, 0) is 42.3 Å². The maximum atomic E-state index is 13.1. The van der Waals surface area contributed by atoms with Crippen LogP contribution in [0.15, 0.2) is 66.9 Å². The first kappa shape index (κ1) is 23.6. The van der Waals surface area contributed by atoms with Gasteiger partial charge in [0, 0.05) is 31.4 Å². The first-order valence-corrected chi connectivity index (χ1v) is 12.1. The highest BCUT2D eigenvalue weighted by atomic mass is 16.5. The van der Waals surface area contributed by atoms with Gasteiger partial charge in [-0.25, -0.2) is 14.8 Å². The summed E-state index contributed by atoms with van der Waals surface area (Å²) in [6.45, 7) is 3.28. The molecule has 1 saturated heterocycles. The van der Waals surface area contributed by atoms with Crippen molar-refractivity contribution in [2.45, 2.75) is 19.0 Å². The molecule has 1 fully saturated rings. The lowest BCUT2D eigenvalue weighted by atomic mass is 10.1. The average Bonchev–Trinajstić information content (AvgIpc) is 3.37. The molecule has 0 radical (unpaired) electrons. The summed E-state index contributed by atoms with van der Waals surface area (Å²) in [4.78, 5) is 27.9. The maximum Gasteiger partial charge on any atom is 0.315 e. The molecule has 3 N–H and O–H groups in total. The van der Waals surface area contributed by atoms with Crippen molar-refractivity contribution < 1.29 is 14.3 Å². The number of pyridine rings is 1. The van der Waals surface area contributed by atoms with E-state index in [0.29, 0.717) is 32.0 Å². The van der Waals surface area contributed by atoms with E-state index in [0.717, 1.165) is 46.8 Å². The van der Waals surface area contributed by atoms with Crippen LogP contribution in [0.5, 0.6) is 5.75 Å². The molecule has 2 aromatic heterocycles. The minimum Gasteiger partial charge on any atom is -0.497 e. The normalized spacial score (nSPS) is 14.4. The van der Waals surface area contributed by atoms with Gasteiger partial charge in [0.05, 0.1) is 37.4 Å². The molecular weight excluding hydrogens is 456 g/mol. The Morgan fingerprint density at radius 2 is 1.92 bits per heavy atom. The number of nitrogens with zero attached hydrogens (tertiary/aromatic N) is 3. The molecule has 0 spiro atoms. The quantitative estimate of drug-likeness (QED) is 0.352. The lowest BCUT2D eigenvalue weighted by Gasteiger charge is -2.29. The number of anilines is 1. The number of carbonyl (C=O) groups is 1. The van der Waals surface area contributed by atoms with Crippen LogP contribution in [0.3, 0.4) is 0 Å². The van der Waals surface area contributed by atoms with Crippen molar-refractivity contribution in [3.63, 3.8) is 0 Å². The summed E-state index contributed by atoms with van der Waals surface area (Å²) >= 11 is 0. The lowest BCUT2D eigenvalue weighted by Crippen LogP contribution is -2.40. The zero-order valence-corrected chi connectivity index (χ0v) is 20.2. The number of morpholine rings is 1. The van der Waals surface area contributed by atoms with Crippen LogP contribution in [-0.4, -0.2) is 54.4 Å². The van der Waals surface area contributed by atoms with Gasteiger partial charge in [-0.1, -0.05) is 30.3 Å². The highest BCUT2D eigenvalue weighted by Crippen LogP contribution is 2.22. The van der Waals surface area contributed by atoms with Gasteiger partial charge in [0.2, 0.25) is 0 Å². The third-order valence-electron chi connectivity index (χ3n) is 6.26. The fourth-order valence-electron chi connectivity index (χ4n) is 4.36. The van der Waals surface area contributed by atoms with Gasteiger partial charge in [0.15, 0.2) is 0 Å². The first-order chi connectivity index (χ1) is 17.7. The molecule has 0 saturated carbocycles. The number of amides is 2. The summed E-state index contributed by atoms with van der Waals surface area (Å²) in [6, 6.07) is 18.9. The second kappa shape index (κ2) is 11.1. The Bertz CT molecular complexity index is 1270. The van der Waals surface area contributed by atoms with E-state index < -0.39 is 0 Å². The maximum absolute atomic E-state index is 13.1. The van der Waals surface area contributed by atoms with Crippen molar-refractivity contribution in [3.8, 4) is 5.75 Å². The summed E-state index contributed by atoms with van der Waals surface area (Å²) in [5.41, 5.74) is 3.81. The number of ether oxygens (including phenoxy) is 2. The molecule has 186 valence electrons. The SMILES string of the molecule is COc1ccc(CC(NC(=O)NCc2cccnc2N2CCOCC2)c2nc3ccccc3[nH]2)cc1. The third kappa shape index (κ3) is 5.58. The Morgan fingerprint density at radius 1 is 1.11 bits per heavy atom. The summed E-state index contributed by atoms with van der Waals surface area (Å²) < 4.78 is 10.7. The number of carbonyl (C=O) groups excluding carboxylic acids is 1. The molecule has 9 nitrogen and oxygen atoms in total. The fourth-order valence-corrected chi connectivity index (χ4v) is 4.36. The Morgan fingerprint density at radius 3 is 2.69 bits per heavy atom. The number of benzene rings is 2. The van der Waals surface area contributed by atoms with Crippen molar-refractivity contribution in [1.82, 2.24) is 25.6 Å². The van der Waals surface area contributed by atoms with Crippen LogP contribution in [0, 0.1) is 0 Å². The predicted octanol–water partition coefficient (Wildman–Crippen LogP) is 3.59.